The average molecular weight is 348 g/mol. The van der Waals surface area contributed by atoms with Gasteiger partial charge in [-0.3, -0.25) is 9.59 Å². The molecule has 128 valence electrons. The molecule has 0 aliphatic carbocycles. The van der Waals surface area contributed by atoms with Crippen LogP contribution in [-0.4, -0.2) is 52.4 Å². The molecule has 1 amide bonds. The third-order valence-electron chi connectivity index (χ3n) is 4.10. The van der Waals surface area contributed by atoms with Gasteiger partial charge in [0.25, 0.3) is 11.5 Å². The van der Waals surface area contributed by atoms with Crippen LogP contribution < -0.4 is 5.56 Å². The van der Waals surface area contributed by atoms with E-state index in [1.165, 1.54) is 16.8 Å². The summed E-state index contributed by atoms with van der Waals surface area (Å²) in [7, 11) is 1.56. The van der Waals surface area contributed by atoms with Crippen LogP contribution in [0.5, 0.6) is 0 Å². The molecule has 1 aliphatic rings. The molecule has 0 radical (unpaired) electrons. The summed E-state index contributed by atoms with van der Waals surface area (Å²) in [4.78, 5) is 30.7. The summed E-state index contributed by atoms with van der Waals surface area (Å²) in [6, 6.07) is 2.89. The zero-order valence-corrected chi connectivity index (χ0v) is 14.4. The van der Waals surface area contributed by atoms with E-state index >= 15 is 0 Å². The number of carbonyl (C=O) groups is 1. The summed E-state index contributed by atoms with van der Waals surface area (Å²) in [6.07, 6.45) is 3.78. The molecular formula is C16H20N4O3S. The predicted molar refractivity (Wildman–Crippen MR) is 90.4 cm³/mol. The first-order valence-electron chi connectivity index (χ1n) is 7.95. The van der Waals surface area contributed by atoms with Gasteiger partial charge < -0.3 is 9.64 Å². The number of likely N-dealkylation sites (tertiary alicyclic amines) is 1. The van der Waals surface area contributed by atoms with Gasteiger partial charge in [-0.05, 0) is 18.9 Å². The maximum absolute atomic E-state index is 12.8. The summed E-state index contributed by atoms with van der Waals surface area (Å²) < 4.78 is 6.25. The number of amides is 1. The molecule has 0 unspecified atom stereocenters. The van der Waals surface area contributed by atoms with Crippen molar-refractivity contribution in [2.45, 2.75) is 25.3 Å². The van der Waals surface area contributed by atoms with E-state index in [2.05, 4.69) is 10.1 Å². The molecule has 3 rings (SSSR count). The van der Waals surface area contributed by atoms with E-state index in [1.54, 1.807) is 24.6 Å². The number of ether oxygens (including phenoxy) is 1. The highest BCUT2D eigenvalue weighted by Gasteiger charge is 2.27. The van der Waals surface area contributed by atoms with Gasteiger partial charge in [0.2, 0.25) is 0 Å². The normalized spacial score (nSPS) is 17.9. The molecule has 2 aromatic rings. The van der Waals surface area contributed by atoms with E-state index in [1.807, 2.05) is 10.3 Å². The number of thiazole rings is 1. The van der Waals surface area contributed by atoms with Crippen molar-refractivity contribution < 1.29 is 9.53 Å². The monoisotopic (exact) mass is 348 g/mol. The highest BCUT2D eigenvalue weighted by molar-refractivity contribution is 7.09. The van der Waals surface area contributed by atoms with E-state index in [0.29, 0.717) is 31.9 Å². The van der Waals surface area contributed by atoms with E-state index in [9.17, 15) is 9.59 Å². The molecule has 1 aliphatic heterocycles. The minimum atomic E-state index is -0.233. The summed E-state index contributed by atoms with van der Waals surface area (Å²) in [5, 5.41) is 7.23. The number of piperidine rings is 1. The molecule has 0 saturated carbocycles. The first-order valence-corrected chi connectivity index (χ1v) is 8.83. The number of hydrogen-bond acceptors (Lipinski definition) is 6. The largest absolute Gasteiger partial charge is 0.383 e. The molecule has 2 aromatic heterocycles. The van der Waals surface area contributed by atoms with E-state index in [-0.39, 0.29) is 17.4 Å². The van der Waals surface area contributed by atoms with Crippen molar-refractivity contribution in [3.63, 3.8) is 0 Å². The van der Waals surface area contributed by atoms with Crippen LogP contribution in [-0.2, 0) is 11.3 Å². The van der Waals surface area contributed by atoms with Gasteiger partial charge in [-0.1, -0.05) is 0 Å². The number of aromatic nitrogens is 3. The lowest BCUT2D eigenvalue weighted by Crippen LogP contribution is -2.40. The standard InChI is InChI=1S/C16H20N4O3S/c1-23-9-8-20-14(21)5-4-13(18-20)16(22)19-7-2-3-12(11-19)15-17-6-10-24-15/h4-6,10,12H,2-3,7-9,11H2,1H3/t12-/m0/s1. The second-order valence-corrected chi connectivity index (χ2v) is 6.66. The molecule has 24 heavy (non-hydrogen) atoms. The van der Waals surface area contributed by atoms with Gasteiger partial charge in [0.15, 0.2) is 0 Å². The molecule has 8 heteroatoms. The third-order valence-corrected chi connectivity index (χ3v) is 5.04. The maximum Gasteiger partial charge on any atom is 0.274 e. The van der Waals surface area contributed by atoms with Gasteiger partial charge in [0, 0.05) is 43.8 Å². The second kappa shape index (κ2) is 7.67. The van der Waals surface area contributed by atoms with Gasteiger partial charge in [-0.25, -0.2) is 9.67 Å². The summed E-state index contributed by atoms with van der Waals surface area (Å²) in [5.41, 5.74) is 0.0633. The van der Waals surface area contributed by atoms with Crippen LogP contribution in [0.25, 0.3) is 0 Å². The Morgan fingerprint density at radius 1 is 1.46 bits per heavy atom. The van der Waals surface area contributed by atoms with Crippen LogP contribution in [0.1, 0.15) is 34.3 Å². The Morgan fingerprint density at radius 3 is 3.08 bits per heavy atom. The topological polar surface area (TPSA) is 77.3 Å². The number of nitrogens with zero attached hydrogens (tertiary/aromatic N) is 4. The van der Waals surface area contributed by atoms with Crippen LogP contribution in [0.2, 0.25) is 0 Å². The molecule has 0 aromatic carbocycles. The van der Waals surface area contributed by atoms with Crippen LogP contribution in [0.15, 0.2) is 28.5 Å². The van der Waals surface area contributed by atoms with Gasteiger partial charge in [0.1, 0.15) is 5.69 Å². The van der Waals surface area contributed by atoms with Crippen molar-refractivity contribution in [2.24, 2.45) is 0 Å². The van der Waals surface area contributed by atoms with E-state index in [4.69, 9.17) is 4.74 Å². The summed E-state index contributed by atoms with van der Waals surface area (Å²) in [5.74, 6) is 0.143. The zero-order valence-electron chi connectivity index (χ0n) is 13.6. The Labute approximate surface area is 143 Å². The Balaban J connectivity index is 1.74. The number of carbonyl (C=O) groups excluding carboxylic acids is 1. The quantitative estimate of drug-likeness (QED) is 0.815. The fraction of sp³-hybridized carbons (Fsp3) is 0.500. The van der Waals surface area contributed by atoms with Crippen LogP contribution >= 0.6 is 11.3 Å². The Kier molecular flexibility index (Phi) is 5.37. The number of rotatable bonds is 5. The molecule has 0 bridgehead atoms. The fourth-order valence-electron chi connectivity index (χ4n) is 2.86. The molecule has 1 fully saturated rings. The number of methoxy groups -OCH3 is 1. The average Bonchev–Trinajstić information content (AvgIpc) is 3.15. The minimum Gasteiger partial charge on any atom is -0.383 e. The first kappa shape index (κ1) is 16.8. The van der Waals surface area contributed by atoms with Crippen molar-refractivity contribution in [3.8, 4) is 0 Å². The number of hydrogen-bond donors (Lipinski definition) is 0. The lowest BCUT2D eigenvalue weighted by atomic mass is 9.98. The van der Waals surface area contributed by atoms with E-state index < -0.39 is 0 Å². The minimum absolute atomic E-state index is 0.137. The predicted octanol–water partition coefficient (Wildman–Crippen LogP) is 1.37. The van der Waals surface area contributed by atoms with Gasteiger partial charge in [-0.15, -0.1) is 11.3 Å². The molecule has 3 heterocycles. The van der Waals surface area contributed by atoms with Crippen molar-refractivity contribution in [3.05, 3.63) is 44.8 Å². The zero-order chi connectivity index (χ0) is 16.9. The molecule has 1 atom stereocenters. The van der Waals surface area contributed by atoms with Gasteiger partial charge in [-0.2, -0.15) is 5.10 Å². The van der Waals surface area contributed by atoms with Crippen molar-refractivity contribution >= 4 is 17.2 Å². The summed E-state index contributed by atoms with van der Waals surface area (Å²) >= 11 is 1.63. The van der Waals surface area contributed by atoms with E-state index in [0.717, 1.165) is 17.8 Å². The Bertz CT molecular complexity index is 744. The fourth-order valence-corrected chi connectivity index (χ4v) is 3.63. The lowest BCUT2D eigenvalue weighted by Gasteiger charge is -2.31. The molecular weight excluding hydrogens is 328 g/mol. The second-order valence-electron chi connectivity index (χ2n) is 5.73. The first-order chi connectivity index (χ1) is 11.7. The highest BCUT2D eigenvalue weighted by atomic mass is 32.1. The highest BCUT2D eigenvalue weighted by Crippen LogP contribution is 2.28. The molecule has 7 nitrogen and oxygen atoms in total. The molecule has 0 spiro atoms. The van der Waals surface area contributed by atoms with Crippen molar-refractivity contribution in [1.82, 2.24) is 19.7 Å². The van der Waals surface area contributed by atoms with Crippen molar-refractivity contribution in [2.75, 3.05) is 26.8 Å². The molecule has 0 N–H and O–H groups in total. The molecule has 1 saturated heterocycles. The maximum atomic E-state index is 12.8. The lowest BCUT2D eigenvalue weighted by molar-refractivity contribution is 0.0697. The Hall–Kier alpha value is -2.06. The van der Waals surface area contributed by atoms with Gasteiger partial charge in [0.05, 0.1) is 18.2 Å². The SMILES string of the molecule is COCCn1nc(C(=O)N2CCC[C@H](c3nccs3)C2)ccc1=O. The summed E-state index contributed by atoms with van der Waals surface area (Å²) in [6.45, 7) is 2.06. The van der Waals surface area contributed by atoms with Crippen LogP contribution in [0.4, 0.5) is 0 Å². The third kappa shape index (κ3) is 3.70. The van der Waals surface area contributed by atoms with Crippen LogP contribution in [0, 0.1) is 0 Å². The van der Waals surface area contributed by atoms with Gasteiger partial charge >= 0.3 is 0 Å². The van der Waals surface area contributed by atoms with Crippen molar-refractivity contribution in [1.29, 1.82) is 0 Å². The Morgan fingerprint density at radius 2 is 2.33 bits per heavy atom. The van der Waals surface area contributed by atoms with Crippen LogP contribution in [0.3, 0.4) is 0 Å². The smallest absolute Gasteiger partial charge is 0.274 e.